The lowest BCUT2D eigenvalue weighted by Gasteiger charge is -2.40. The summed E-state index contributed by atoms with van der Waals surface area (Å²) in [5.74, 6) is 0.386. The van der Waals surface area contributed by atoms with Crippen LogP contribution < -0.4 is 5.32 Å². The number of benzene rings is 1. The number of anilines is 1. The first-order chi connectivity index (χ1) is 13.4. The summed E-state index contributed by atoms with van der Waals surface area (Å²) in [6.45, 7) is 3.93. The molecule has 0 saturated carbocycles. The number of carbonyl (C=O) groups is 1. The van der Waals surface area contributed by atoms with E-state index in [0.29, 0.717) is 31.7 Å². The zero-order valence-corrected chi connectivity index (χ0v) is 18.1. The van der Waals surface area contributed by atoms with Gasteiger partial charge in [0.15, 0.2) is 5.82 Å². The summed E-state index contributed by atoms with van der Waals surface area (Å²) in [6.07, 6.45) is 1.19. The number of halogens is 3. The monoisotopic (exact) mass is 479 g/mol. The lowest BCUT2D eigenvalue weighted by Crippen LogP contribution is -2.47. The van der Waals surface area contributed by atoms with E-state index in [4.69, 9.17) is 23.2 Å². The highest BCUT2D eigenvalue weighted by atomic mass is 79.9. The lowest BCUT2D eigenvalue weighted by molar-refractivity contribution is 0.0610. The largest absolute Gasteiger partial charge is 0.359 e. The Morgan fingerprint density at radius 3 is 2.71 bits per heavy atom. The molecule has 0 bridgehead atoms. The van der Waals surface area contributed by atoms with Crippen LogP contribution in [0.15, 0.2) is 47.2 Å². The lowest BCUT2D eigenvalue weighted by atomic mass is 10.0. The van der Waals surface area contributed by atoms with Crippen molar-refractivity contribution < 1.29 is 4.79 Å². The Balaban J connectivity index is 1.88. The second-order valence-electron chi connectivity index (χ2n) is 6.66. The van der Waals surface area contributed by atoms with Crippen molar-refractivity contribution in [3.05, 3.63) is 68.5 Å². The van der Waals surface area contributed by atoms with Crippen molar-refractivity contribution in [1.29, 1.82) is 0 Å². The molecule has 1 aromatic carbocycles. The highest BCUT2D eigenvalue weighted by Crippen LogP contribution is 2.37. The maximum absolute atomic E-state index is 13.3. The van der Waals surface area contributed by atoms with Gasteiger partial charge in [0.05, 0.1) is 16.3 Å². The Bertz CT molecular complexity index is 1070. The van der Waals surface area contributed by atoms with E-state index in [9.17, 15) is 4.79 Å². The van der Waals surface area contributed by atoms with Crippen LogP contribution in [0.5, 0.6) is 0 Å². The van der Waals surface area contributed by atoms with Crippen LogP contribution in [0.25, 0.3) is 5.82 Å². The minimum atomic E-state index is -0.460. The number of rotatable bonds is 3. The maximum atomic E-state index is 13.3. The predicted octanol–water partition coefficient (Wildman–Crippen LogP) is 5.31. The van der Waals surface area contributed by atoms with Gasteiger partial charge in [0.25, 0.3) is 5.91 Å². The molecule has 1 aliphatic rings. The molecule has 9 heteroatoms. The van der Waals surface area contributed by atoms with Crippen molar-refractivity contribution in [1.82, 2.24) is 19.7 Å². The Morgan fingerprint density at radius 2 is 2.00 bits per heavy atom. The first-order valence-corrected chi connectivity index (χ1v) is 10.2. The molecular formula is C19H16BrCl2N5O. The second-order valence-corrected chi connectivity index (χ2v) is 8.31. The molecule has 3 aromatic rings. The van der Waals surface area contributed by atoms with E-state index in [1.54, 1.807) is 40.0 Å². The fraction of sp³-hybridized carbons (Fsp3) is 0.211. The summed E-state index contributed by atoms with van der Waals surface area (Å²) in [5, 5.41) is 8.91. The molecule has 2 aromatic heterocycles. The third kappa shape index (κ3) is 3.27. The molecule has 144 valence electrons. The number of nitrogens with zero attached hydrogens (tertiary/aromatic N) is 4. The number of carbonyl (C=O) groups excluding carboxylic acids is 1. The number of fused-ring (bicyclic) bond motifs is 1. The quantitative estimate of drug-likeness (QED) is 0.551. The average Bonchev–Trinajstić information content (AvgIpc) is 3.03. The standard InChI is InChI=1S/C19H16BrCl2N5O/c1-10(2)26-18(24-14-6-5-11(21)8-12(14)19(26)28)15-9-16(20)25-27(15)17-13(22)4-3-7-23-17/h3-10,18,24H,1-2H3. The van der Waals surface area contributed by atoms with Gasteiger partial charge in [-0.2, -0.15) is 5.10 Å². The van der Waals surface area contributed by atoms with Crippen LogP contribution in [-0.4, -0.2) is 31.6 Å². The van der Waals surface area contributed by atoms with Crippen LogP contribution in [0.4, 0.5) is 5.69 Å². The number of nitrogens with one attached hydrogen (secondary N) is 1. The Labute approximate surface area is 180 Å². The molecule has 1 unspecified atom stereocenters. The van der Waals surface area contributed by atoms with Crippen LogP contribution in [0, 0.1) is 0 Å². The van der Waals surface area contributed by atoms with Gasteiger partial charge in [-0.05, 0) is 66.2 Å². The minimum absolute atomic E-state index is 0.0709. The molecule has 1 aliphatic heterocycles. The molecule has 3 heterocycles. The van der Waals surface area contributed by atoms with Gasteiger partial charge in [-0.15, -0.1) is 0 Å². The fourth-order valence-electron chi connectivity index (χ4n) is 3.30. The molecule has 0 aliphatic carbocycles. The van der Waals surface area contributed by atoms with E-state index in [2.05, 4.69) is 31.3 Å². The third-order valence-corrected chi connectivity index (χ3v) is 5.42. The molecular weight excluding hydrogens is 465 g/mol. The topological polar surface area (TPSA) is 63.1 Å². The molecule has 28 heavy (non-hydrogen) atoms. The molecule has 1 N–H and O–H groups in total. The summed E-state index contributed by atoms with van der Waals surface area (Å²) in [5.41, 5.74) is 1.99. The zero-order valence-electron chi connectivity index (χ0n) is 15.0. The Morgan fingerprint density at radius 1 is 1.21 bits per heavy atom. The van der Waals surface area contributed by atoms with Crippen molar-refractivity contribution in [2.75, 3.05) is 5.32 Å². The predicted molar refractivity (Wildman–Crippen MR) is 113 cm³/mol. The third-order valence-electron chi connectivity index (χ3n) is 4.50. The molecule has 0 saturated heterocycles. The average molecular weight is 481 g/mol. The van der Waals surface area contributed by atoms with E-state index in [-0.39, 0.29) is 11.9 Å². The summed E-state index contributed by atoms with van der Waals surface area (Å²) in [7, 11) is 0. The van der Waals surface area contributed by atoms with Crippen LogP contribution in [-0.2, 0) is 0 Å². The smallest absolute Gasteiger partial charge is 0.258 e. The van der Waals surface area contributed by atoms with Crippen LogP contribution in [0.2, 0.25) is 10.0 Å². The molecule has 0 fully saturated rings. The van der Waals surface area contributed by atoms with Gasteiger partial charge in [0.2, 0.25) is 0 Å². The summed E-state index contributed by atoms with van der Waals surface area (Å²) < 4.78 is 2.26. The number of pyridine rings is 1. The van der Waals surface area contributed by atoms with Gasteiger partial charge in [-0.1, -0.05) is 23.2 Å². The van der Waals surface area contributed by atoms with Gasteiger partial charge in [0, 0.05) is 22.9 Å². The summed E-state index contributed by atoms with van der Waals surface area (Å²) in [4.78, 5) is 19.4. The summed E-state index contributed by atoms with van der Waals surface area (Å²) >= 11 is 15.9. The van der Waals surface area contributed by atoms with Crippen molar-refractivity contribution in [2.24, 2.45) is 0 Å². The van der Waals surface area contributed by atoms with Crippen LogP contribution >= 0.6 is 39.1 Å². The minimum Gasteiger partial charge on any atom is -0.359 e. The zero-order chi connectivity index (χ0) is 20.0. The number of aromatic nitrogens is 3. The van der Waals surface area contributed by atoms with E-state index in [1.165, 1.54) is 0 Å². The molecule has 1 amide bonds. The van der Waals surface area contributed by atoms with Crippen molar-refractivity contribution in [3.8, 4) is 5.82 Å². The molecule has 0 radical (unpaired) electrons. The van der Waals surface area contributed by atoms with Gasteiger partial charge in [-0.25, -0.2) is 9.67 Å². The van der Waals surface area contributed by atoms with E-state index < -0.39 is 6.17 Å². The number of hydrogen-bond acceptors (Lipinski definition) is 4. The first-order valence-electron chi connectivity index (χ1n) is 8.62. The maximum Gasteiger partial charge on any atom is 0.258 e. The van der Waals surface area contributed by atoms with E-state index >= 15 is 0 Å². The first kappa shape index (κ1) is 19.2. The SMILES string of the molecule is CC(C)N1C(=O)c2cc(Cl)ccc2NC1c1cc(Br)nn1-c1ncccc1Cl. The van der Waals surface area contributed by atoms with Crippen molar-refractivity contribution in [3.63, 3.8) is 0 Å². The van der Waals surface area contributed by atoms with Crippen LogP contribution in [0.1, 0.15) is 36.1 Å². The van der Waals surface area contributed by atoms with Gasteiger partial charge >= 0.3 is 0 Å². The van der Waals surface area contributed by atoms with E-state index in [0.717, 1.165) is 5.69 Å². The van der Waals surface area contributed by atoms with Crippen molar-refractivity contribution >= 4 is 50.7 Å². The normalized spacial score (nSPS) is 16.3. The second kappa shape index (κ2) is 7.39. The van der Waals surface area contributed by atoms with Crippen LogP contribution in [0.3, 0.4) is 0 Å². The molecule has 1 atom stereocenters. The Hall–Kier alpha value is -2.09. The summed E-state index contributed by atoms with van der Waals surface area (Å²) in [6, 6.07) is 10.5. The Kier molecular flexibility index (Phi) is 5.07. The highest BCUT2D eigenvalue weighted by molar-refractivity contribution is 9.10. The molecule has 6 nitrogen and oxygen atoms in total. The van der Waals surface area contributed by atoms with Gasteiger partial charge in [0.1, 0.15) is 10.8 Å². The molecule has 0 spiro atoms. The number of hydrogen-bond donors (Lipinski definition) is 1. The molecule has 4 rings (SSSR count). The highest BCUT2D eigenvalue weighted by Gasteiger charge is 2.37. The van der Waals surface area contributed by atoms with Crippen molar-refractivity contribution in [2.45, 2.75) is 26.1 Å². The van der Waals surface area contributed by atoms with Gasteiger partial charge < -0.3 is 10.2 Å². The fourth-order valence-corrected chi connectivity index (χ4v) is 4.07. The van der Waals surface area contributed by atoms with Gasteiger partial charge in [-0.3, -0.25) is 4.79 Å². The van der Waals surface area contributed by atoms with E-state index in [1.807, 2.05) is 26.0 Å². The number of amides is 1.